The highest BCUT2D eigenvalue weighted by atomic mass is 35.5. The Morgan fingerprint density at radius 1 is 1.42 bits per heavy atom. The van der Waals surface area contributed by atoms with Gasteiger partial charge < -0.3 is 15.7 Å². The molecular weight excluding hydrogens is 288 g/mol. The summed E-state index contributed by atoms with van der Waals surface area (Å²) in [7, 11) is 0. The van der Waals surface area contributed by atoms with E-state index in [4.69, 9.17) is 16.7 Å². The summed E-state index contributed by atoms with van der Waals surface area (Å²) in [4.78, 5) is 23.0. The standard InChI is InChI=1S/C12H17ClN2O3S/c1-8(6-11(16)17)7-15-12(18)14-5-4-9-2-3-10(13)19-9/h2-3,8H,4-7H2,1H3,(H,16,17)(H2,14,15,18). The largest absolute Gasteiger partial charge is 0.481 e. The van der Waals surface area contributed by atoms with Gasteiger partial charge in [-0.05, 0) is 24.5 Å². The Kier molecular flexibility index (Phi) is 6.66. The number of halogens is 1. The Balaban J connectivity index is 2.12. The van der Waals surface area contributed by atoms with Crippen molar-refractivity contribution in [2.24, 2.45) is 5.92 Å². The first-order valence-electron chi connectivity index (χ1n) is 5.95. The van der Waals surface area contributed by atoms with Crippen LogP contribution in [0.4, 0.5) is 4.79 Å². The van der Waals surface area contributed by atoms with Crippen LogP contribution in [0.15, 0.2) is 12.1 Å². The Labute approximate surface area is 121 Å². The van der Waals surface area contributed by atoms with Crippen molar-refractivity contribution in [3.05, 3.63) is 21.3 Å². The molecule has 0 bridgehead atoms. The van der Waals surface area contributed by atoms with Gasteiger partial charge in [-0.25, -0.2) is 4.79 Å². The van der Waals surface area contributed by atoms with Crippen molar-refractivity contribution in [2.75, 3.05) is 13.1 Å². The van der Waals surface area contributed by atoms with Crippen LogP contribution < -0.4 is 10.6 Å². The average Bonchev–Trinajstić information content (AvgIpc) is 2.71. The quantitative estimate of drug-likeness (QED) is 0.723. The summed E-state index contributed by atoms with van der Waals surface area (Å²) < 4.78 is 0.738. The van der Waals surface area contributed by atoms with E-state index in [9.17, 15) is 9.59 Å². The van der Waals surface area contributed by atoms with Crippen LogP contribution in [0.5, 0.6) is 0 Å². The Morgan fingerprint density at radius 3 is 2.74 bits per heavy atom. The number of carbonyl (C=O) groups is 2. The van der Waals surface area contributed by atoms with Crippen LogP contribution in [0.1, 0.15) is 18.2 Å². The van der Waals surface area contributed by atoms with Gasteiger partial charge in [0.1, 0.15) is 0 Å². The Bertz CT molecular complexity index is 436. The molecule has 7 heteroatoms. The lowest BCUT2D eigenvalue weighted by atomic mass is 10.1. The van der Waals surface area contributed by atoms with Crippen LogP contribution in [0.2, 0.25) is 4.34 Å². The van der Waals surface area contributed by atoms with E-state index in [0.717, 1.165) is 15.6 Å². The van der Waals surface area contributed by atoms with E-state index in [0.29, 0.717) is 13.1 Å². The predicted molar refractivity (Wildman–Crippen MR) is 75.9 cm³/mol. The van der Waals surface area contributed by atoms with Gasteiger partial charge in [-0.3, -0.25) is 4.79 Å². The van der Waals surface area contributed by atoms with Crippen LogP contribution >= 0.6 is 22.9 Å². The highest BCUT2D eigenvalue weighted by Crippen LogP contribution is 2.21. The molecule has 0 spiro atoms. The smallest absolute Gasteiger partial charge is 0.314 e. The molecule has 0 saturated heterocycles. The predicted octanol–water partition coefficient (Wildman–Crippen LogP) is 2.35. The second-order valence-corrected chi connectivity index (χ2v) is 6.10. The molecule has 1 aromatic rings. The molecule has 1 atom stereocenters. The van der Waals surface area contributed by atoms with Gasteiger partial charge in [0.05, 0.1) is 4.34 Å². The molecule has 0 aliphatic carbocycles. The zero-order chi connectivity index (χ0) is 14.3. The highest BCUT2D eigenvalue weighted by molar-refractivity contribution is 7.16. The van der Waals surface area contributed by atoms with Crippen LogP contribution in [-0.2, 0) is 11.2 Å². The summed E-state index contributed by atoms with van der Waals surface area (Å²) in [5, 5.41) is 13.9. The molecule has 19 heavy (non-hydrogen) atoms. The van der Waals surface area contributed by atoms with Gasteiger partial charge in [0.15, 0.2) is 0 Å². The first kappa shape index (κ1) is 15.8. The third kappa shape index (κ3) is 7.03. The molecule has 0 aliphatic rings. The summed E-state index contributed by atoms with van der Waals surface area (Å²) >= 11 is 7.29. The van der Waals surface area contributed by atoms with E-state index in [-0.39, 0.29) is 18.4 Å². The summed E-state index contributed by atoms with van der Waals surface area (Å²) in [6.45, 7) is 2.65. The van der Waals surface area contributed by atoms with Crippen LogP contribution in [0, 0.1) is 5.92 Å². The molecule has 106 valence electrons. The van der Waals surface area contributed by atoms with E-state index < -0.39 is 5.97 Å². The summed E-state index contributed by atoms with van der Waals surface area (Å²) in [6, 6.07) is 3.48. The summed E-state index contributed by atoms with van der Waals surface area (Å²) in [5.74, 6) is -0.941. The molecule has 0 radical (unpaired) electrons. The van der Waals surface area contributed by atoms with Gasteiger partial charge in [-0.2, -0.15) is 0 Å². The molecule has 1 aromatic heterocycles. The van der Waals surface area contributed by atoms with Gasteiger partial charge in [0.25, 0.3) is 0 Å². The minimum Gasteiger partial charge on any atom is -0.481 e. The minimum absolute atomic E-state index is 0.0496. The first-order valence-corrected chi connectivity index (χ1v) is 7.14. The average molecular weight is 305 g/mol. The number of carboxylic acid groups (broad SMARTS) is 1. The molecule has 1 heterocycles. The number of hydrogen-bond donors (Lipinski definition) is 3. The lowest BCUT2D eigenvalue weighted by Crippen LogP contribution is -2.39. The number of rotatable bonds is 7. The van der Waals surface area contributed by atoms with Crippen molar-refractivity contribution in [3.8, 4) is 0 Å². The third-order valence-corrected chi connectivity index (χ3v) is 3.71. The fraction of sp³-hybridized carbons (Fsp3) is 0.500. The van der Waals surface area contributed by atoms with Gasteiger partial charge in [-0.15, -0.1) is 11.3 Å². The number of amides is 2. The second kappa shape index (κ2) is 8.01. The van der Waals surface area contributed by atoms with Gasteiger partial charge in [0.2, 0.25) is 0 Å². The Morgan fingerprint density at radius 2 is 2.16 bits per heavy atom. The number of thiophene rings is 1. The molecule has 3 N–H and O–H groups in total. The lowest BCUT2D eigenvalue weighted by Gasteiger charge is -2.11. The maximum absolute atomic E-state index is 11.4. The topological polar surface area (TPSA) is 78.4 Å². The van der Waals surface area contributed by atoms with E-state index in [1.165, 1.54) is 11.3 Å². The van der Waals surface area contributed by atoms with Crippen LogP contribution in [0.25, 0.3) is 0 Å². The Hall–Kier alpha value is -1.27. The number of hydrogen-bond acceptors (Lipinski definition) is 3. The van der Waals surface area contributed by atoms with E-state index in [1.807, 2.05) is 12.1 Å². The van der Waals surface area contributed by atoms with E-state index >= 15 is 0 Å². The highest BCUT2D eigenvalue weighted by Gasteiger charge is 2.09. The number of nitrogens with one attached hydrogen (secondary N) is 2. The summed E-state index contributed by atoms with van der Waals surface area (Å²) in [6.07, 6.45) is 0.781. The number of aliphatic carboxylic acids is 1. The minimum atomic E-state index is -0.857. The maximum Gasteiger partial charge on any atom is 0.314 e. The molecule has 0 aliphatic heterocycles. The maximum atomic E-state index is 11.4. The molecule has 5 nitrogen and oxygen atoms in total. The second-order valence-electron chi connectivity index (χ2n) is 4.30. The third-order valence-electron chi connectivity index (χ3n) is 2.42. The molecule has 1 rings (SSSR count). The zero-order valence-corrected chi connectivity index (χ0v) is 12.2. The van der Waals surface area contributed by atoms with Crippen molar-refractivity contribution in [3.63, 3.8) is 0 Å². The van der Waals surface area contributed by atoms with Gasteiger partial charge in [-0.1, -0.05) is 18.5 Å². The van der Waals surface area contributed by atoms with E-state index in [2.05, 4.69) is 10.6 Å². The number of carbonyl (C=O) groups excluding carboxylic acids is 1. The van der Waals surface area contributed by atoms with Gasteiger partial charge >= 0.3 is 12.0 Å². The molecule has 0 fully saturated rings. The number of carboxylic acids is 1. The summed E-state index contributed by atoms with van der Waals surface area (Å²) in [5.41, 5.74) is 0. The number of urea groups is 1. The lowest BCUT2D eigenvalue weighted by molar-refractivity contribution is -0.137. The van der Waals surface area contributed by atoms with Crippen molar-refractivity contribution < 1.29 is 14.7 Å². The van der Waals surface area contributed by atoms with Crippen molar-refractivity contribution in [1.29, 1.82) is 0 Å². The van der Waals surface area contributed by atoms with Crippen molar-refractivity contribution >= 4 is 34.9 Å². The molecular formula is C12H17ClN2O3S. The first-order chi connectivity index (χ1) is 8.97. The van der Waals surface area contributed by atoms with Gasteiger partial charge in [0, 0.05) is 24.4 Å². The fourth-order valence-corrected chi connectivity index (χ4v) is 2.57. The fourth-order valence-electron chi connectivity index (χ4n) is 1.49. The molecule has 2 amide bonds. The molecule has 1 unspecified atom stereocenters. The molecule has 0 saturated carbocycles. The van der Waals surface area contributed by atoms with Crippen molar-refractivity contribution in [2.45, 2.75) is 19.8 Å². The monoisotopic (exact) mass is 304 g/mol. The SMILES string of the molecule is CC(CNC(=O)NCCc1ccc(Cl)s1)CC(=O)O. The van der Waals surface area contributed by atoms with Crippen LogP contribution in [-0.4, -0.2) is 30.2 Å². The van der Waals surface area contributed by atoms with Crippen LogP contribution in [0.3, 0.4) is 0 Å². The van der Waals surface area contributed by atoms with Crippen molar-refractivity contribution in [1.82, 2.24) is 10.6 Å². The normalized spacial score (nSPS) is 11.9. The molecule has 0 aromatic carbocycles. The van der Waals surface area contributed by atoms with E-state index in [1.54, 1.807) is 6.92 Å². The zero-order valence-electron chi connectivity index (χ0n) is 10.6.